The molecule has 0 amide bonds. The number of hydrogen-bond acceptors (Lipinski definition) is 0. The molecule has 136 valence electrons. The van der Waals surface area contributed by atoms with E-state index in [-0.39, 0.29) is 0 Å². The predicted molar refractivity (Wildman–Crippen MR) is 104 cm³/mol. The van der Waals surface area contributed by atoms with Gasteiger partial charge in [-0.15, -0.1) is 0 Å². The molecule has 0 radical (unpaired) electrons. The second-order valence-corrected chi connectivity index (χ2v) is 8.62. The van der Waals surface area contributed by atoms with E-state index in [0.29, 0.717) is 0 Å². The third-order valence-corrected chi connectivity index (χ3v) is 6.61. The molecule has 0 heterocycles. The lowest BCUT2D eigenvalue weighted by molar-refractivity contribution is 0.190. The van der Waals surface area contributed by atoms with E-state index in [2.05, 4.69) is 26.0 Å². The molecule has 0 bridgehead atoms. The van der Waals surface area contributed by atoms with Gasteiger partial charge in [0.1, 0.15) is 5.67 Å². The average molecular weight is 333 g/mol. The molecule has 1 heteroatoms. The van der Waals surface area contributed by atoms with Crippen LogP contribution in [0.4, 0.5) is 4.39 Å². The molecule has 0 aromatic rings. The van der Waals surface area contributed by atoms with Gasteiger partial charge in [0, 0.05) is 0 Å². The van der Waals surface area contributed by atoms with Crippen molar-refractivity contribution in [2.45, 2.75) is 91.7 Å². The summed E-state index contributed by atoms with van der Waals surface area (Å²) in [6, 6.07) is 0. The fraction of sp³-hybridized carbons (Fsp3) is 0.739. The summed E-state index contributed by atoms with van der Waals surface area (Å²) in [4.78, 5) is 0. The summed E-state index contributed by atoms with van der Waals surface area (Å²) in [7, 11) is 0. The van der Waals surface area contributed by atoms with E-state index >= 15 is 0 Å². The fourth-order valence-corrected chi connectivity index (χ4v) is 4.26. The zero-order chi connectivity index (χ0) is 17.7. The fourth-order valence-electron chi connectivity index (χ4n) is 4.26. The van der Waals surface area contributed by atoms with E-state index < -0.39 is 5.67 Å². The van der Waals surface area contributed by atoms with E-state index in [1.54, 1.807) is 13.8 Å². The Morgan fingerprint density at radius 2 is 1.75 bits per heavy atom. The summed E-state index contributed by atoms with van der Waals surface area (Å²) < 4.78 is 13.9. The lowest BCUT2D eigenvalue weighted by Crippen LogP contribution is -2.23. The highest BCUT2D eigenvalue weighted by molar-refractivity contribution is 5.34. The molecular weight excluding hydrogens is 295 g/mol. The Kier molecular flexibility index (Phi) is 6.89. The number of alkyl halides is 1. The Morgan fingerprint density at radius 1 is 1.08 bits per heavy atom. The van der Waals surface area contributed by atoms with Gasteiger partial charge in [0.2, 0.25) is 0 Å². The minimum atomic E-state index is -1.22. The molecule has 2 rings (SSSR count). The van der Waals surface area contributed by atoms with Crippen molar-refractivity contribution in [3.63, 3.8) is 0 Å². The molecule has 1 atom stereocenters. The van der Waals surface area contributed by atoms with Crippen molar-refractivity contribution in [3.8, 4) is 0 Å². The molecule has 0 aromatic heterocycles. The first kappa shape index (κ1) is 19.5. The van der Waals surface area contributed by atoms with Gasteiger partial charge in [0.15, 0.2) is 0 Å². The molecule has 2 aliphatic rings. The smallest absolute Gasteiger partial charge is 0.126 e. The summed E-state index contributed by atoms with van der Waals surface area (Å²) in [5, 5.41) is 0. The minimum absolute atomic E-state index is 0.795. The molecule has 1 fully saturated rings. The van der Waals surface area contributed by atoms with Crippen molar-refractivity contribution in [1.82, 2.24) is 0 Å². The lowest BCUT2D eigenvalue weighted by Gasteiger charge is -2.35. The third kappa shape index (κ3) is 5.33. The molecule has 0 N–H and O–H groups in total. The van der Waals surface area contributed by atoms with Crippen LogP contribution in [0.5, 0.6) is 0 Å². The topological polar surface area (TPSA) is 0 Å². The Balaban J connectivity index is 1.91. The lowest BCUT2D eigenvalue weighted by atomic mass is 9.70. The molecule has 2 aliphatic carbocycles. The van der Waals surface area contributed by atoms with Gasteiger partial charge in [-0.3, -0.25) is 0 Å². The second kappa shape index (κ2) is 8.50. The maximum Gasteiger partial charge on any atom is 0.126 e. The minimum Gasteiger partial charge on any atom is -0.240 e. The van der Waals surface area contributed by atoms with Crippen LogP contribution in [0.2, 0.25) is 0 Å². The van der Waals surface area contributed by atoms with Crippen molar-refractivity contribution < 1.29 is 4.39 Å². The summed E-state index contributed by atoms with van der Waals surface area (Å²) in [5.41, 5.74) is 2.37. The molecule has 0 aromatic carbocycles. The number of halogens is 1. The van der Waals surface area contributed by atoms with Crippen molar-refractivity contribution in [2.24, 2.45) is 17.8 Å². The first-order valence-electron chi connectivity index (χ1n) is 10.0. The highest BCUT2D eigenvalue weighted by Gasteiger charge is 2.28. The molecular formula is C23H37F. The van der Waals surface area contributed by atoms with Crippen LogP contribution in [-0.4, -0.2) is 5.67 Å². The zero-order valence-electron chi connectivity index (χ0n) is 16.5. The van der Waals surface area contributed by atoms with Crippen LogP contribution >= 0.6 is 0 Å². The zero-order valence-corrected chi connectivity index (χ0v) is 16.5. The highest BCUT2D eigenvalue weighted by Crippen LogP contribution is 2.41. The SMILES string of the molecule is CCC1CCC(C2CC=C(/C(C)=C/C=C(\C)C(C)(C)F)CC2)CC1. The molecule has 0 aliphatic heterocycles. The Labute approximate surface area is 149 Å². The van der Waals surface area contributed by atoms with E-state index in [9.17, 15) is 4.39 Å². The standard InChI is InChI=1S/C23H37F/c1-6-19-9-11-21(12-10-19)22-15-13-20(14-16-22)17(2)7-8-18(3)23(4,5)24/h7-8,13,19,21-22H,6,9-12,14-16H2,1-5H3/b17-7+,18-8+. The van der Waals surface area contributed by atoms with Crippen LogP contribution in [-0.2, 0) is 0 Å². The highest BCUT2D eigenvalue weighted by atomic mass is 19.1. The molecule has 1 unspecified atom stereocenters. The number of rotatable bonds is 5. The Bertz CT molecular complexity index is 493. The molecule has 0 saturated heterocycles. The molecule has 0 nitrogen and oxygen atoms in total. The van der Waals surface area contributed by atoms with Gasteiger partial charge >= 0.3 is 0 Å². The van der Waals surface area contributed by atoms with Gasteiger partial charge in [0.25, 0.3) is 0 Å². The van der Waals surface area contributed by atoms with E-state index in [0.717, 1.165) is 23.3 Å². The van der Waals surface area contributed by atoms with Crippen LogP contribution in [0, 0.1) is 17.8 Å². The summed E-state index contributed by atoms with van der Waals surface area (Å²) in [6.07, 6.45) is 17.5. The summed E-state index contributed by atoms with van der Waals surface area (Å²) in [6.45, 7) is 9.64. The van der Waals surface area contributed by atoms with Crippen molar-refractivity contribution in [1.29, 1.82) is 0 Å². The normalized spacial score (nSPS) is 30.2. The van der Waals surface area contributed by atoms with Crippen molar-refractivity contribution >= 4 is 0 Å². The van der Waals surface area contributed by atoms with E-state index in [1.807, 2.05) is 13.0 Å². The Morgan fingerprint density at radius 3 is 2.25 bits per heavy atom. The van der Waals surface area contributed by atoms with Gasteiger partial charge in [-0.05, 0) is 94.3 Å². The average Bonchev–Trinajstić information content (AvgIpc) is 2.58. The van der Waals surface area contributed by atoms with Crippen LogP contribution < -0.4 is 0 Å². The van der Waals surface area contributed by atoms with E-state index in [4.69, 9.17) is 0 Å². The second-order valence-electron chi connectivity index (χ2n) is 8.62. The van der Waals surface area contributed by atoms with E-state index in [1.165, 1.54) is 62.5 Å². The monoisotopic (exact) mass is 332 g/mol. The maximum atomic E-state index is 13.9. The number of allylic oxidation sites excluding steroid dienone is 6. The Hall–Kier alpha value is -0.850. The first-order valence-corrected chi connectivity index (χ1v) is 10.0. The summed E-state index contributed by atoms with van der Waals surface area (Å²) >= 11 is 0. The van der Waals surface area contributed by atoms with Gasteiger partial charge in [-0.2, -0.15) is 0 Å². The summed E-state index contributed by atoms with van der Waals surface area (Å²) in [5.74, 6) is 2.86. The van der Waals surface area contributed by atoms with Gasteiger partial charge in [-0.1, -0.05) is 44.4 Å². The largest absolute Gasteiger partial charge is 0.240 e. The molecule has 0 spiro atoms. The van der Waals surface area contributed by atoms with Crippen LogP contribution in [0.1, 0.15) is 86.0 Å². The van der Waals surface area contributed by atoms with Gasteiger partial charge in [-0.25, -0.2) is 4.39 Å². The first-order chi connectivity index (χ1) is 11.3. The van der Waals surface area contributed by atoms with Gasteiger partial charge < -0.3 is 0 Å². The van der Waals surface area contributed by atoms with Gasteiger partial charge in [0.05, 0.1) is 0 Å². The van der Waals surface area contributed by atoms with Crippen LogP contribution in [0.25, 0.3) is 0 Å². The predicted octanol–water partition coefficient (Wildman–Crippen LogP) is 7.57. The molecule has 24 heavy (non-hydrogen) atoms. The quantitative estimate of drug-likeness (QED) is 0.455. The molecule has 1 saturated carbocycles. The van der Waals surface area contributed by atoms with Crippen LogP contribution in [0.3, 0.4) is 0 Å². The number of hydrogen-bond donors (Lipinski definition) is 0. The third-order valence-electron chi connectivity index (χ3n) is 6.61. The van der Waals surface area contributed by atoms with Crippen molar-refractivity contribution in [2.75, 3.05) is 0 Å². The van der Waals surface area contributed by atoms with Crippen molar-refractivity contribution in [3.05, 3.63) is 34.9 Å². The van der Waals surface area contributed by atoms with Crippen LogP contribution in [0.15, 0.2) is 34.9 Å². The maximum absolute atomic E-state index is 13.9.